The van der Waals surface area contributed by atoms with E-state index >= 15 is 0 Å². The molecule has 0 aliphatic rings. The number of carbonyl (C=O) groups is 1. The lowest BCUT2D eigenvalue weighted by Gasteiger charge is -2.24. The molecule has 0 saturated carbocycles. The standard InChI is InChI=1S/C22H21ClN2O3S/c1-16-7-6-10-21(17(16)2)24-22(26)15-25(19-8-4-3-5-9-19)29(27,28)20-13-11-18(23)12-14-20/h3-14H,15H2,1-2H3,(H,24,26). The van der Waals surface area contributed by atoms with E-state index in [4.69, 9.17) is 11.6 Å². The Morgan fingerprint density at radius 3 is 2.24 bits per heavy atom. The Balaban J connectivity index is 1.93. The lowest BCUT2D eigenvalue weighted by atomic mass is 10.1. The maximum Gasteiger partial charge on any atom is 0.264 e. The molecule has 0 radical (unpaired) electrons. The molecule has 5 nitrogen and oxygen atoms in total. The molecule has 7 heteroatoms. The Labute approximate surface area is 176 Å². The Kier molecular flexibility index (Phi) is 6.25. The van der Waals surface area contributed by atoms with E-state index in [0.29, 0.717) is 16.4 Å². The number of sulfonamides is 1. The van der Waals surface area contributed by atoms with Gasteiger partial charge < -0.3 is 5.32 Å². The molecular formula is C22H21ClN2O3S. The number of halogens is 1. The molecule has 0 fully saturated rings. The van der Waals surface area contributed by atoms with Gasteiger partial charge in [0.15, 0.2) is 0 Å². The van der Waals surface area contributed by atoms with Crippen LogP contribution in [-0.4, -0.2) is 20.9 Å². The highest BCUT2D eigenvalue weighted by Gasteiger charge is 2.27. The fourth-order valence-electron chi connectivity index (χ4n) is 2.85. The summed E-state index contributed by atoms with van der Waals surface area (Å²) in [6.45, 7) is 3.50. The summed E-state index contributed by atoms with van der Waals surface area (Å²) >= 11 is 5.89. The van der Waals surface area contributed by atoms with Crippen LogP contribution in [0.25, 0.3) is 0 Å². The van der Waals surface area contributed by atoms with Gasteiger partial charge in [0, 0.05) is 10.7 Å². The van der Waals surface area contributed by atoms with E-state index in [2.05, 4.69) is 5.32 Å². The minimum Gasteiger partial charge on any atom is -0.324 e. The summed E-state index contributed by atoms with van der Waals surface area (Å²) in [6.07, 6.45) is 0. The van der Waals surface area contributed by atoms with E-state index in [0.717, 1.165) is 15.4 Å². The number of nitrogens with zero attached hydrogens (tertiary/aromatic N) is 1. The van der Waals surface area contributed by atoms with Crippen LogP contribution in [0.15, 0.2) is 77.7 Å². The first kappa shape index (κ1) is 20.9. The van der Waals surface area contributed by atoms with Crippen LogP contribution in [0.1, 0.15) is 11.1 Å². The summed E-state index contributed by atoms with van der Waals surface area (Å²) in [5.74, 6) is -0.430. The number of rotatable bonds is 6. The number of benzene rings is 3. The molecule has 0 aromatic heterocycles. The molecule has 3 aromatic carbocycles. The Hall–Kier alpha value is -2.83. The Morgan fingerprint density at radius 2 is 1.59 bits per heavy atom. The zero-order valence-corrected chi connectivity index (χ0v) is 17.7. The average molecular weight is 429 g/mol. The summed E-state index contributed by atoms with van der Waals surface area (Å²) in [6, 6.07) is 20.0. The highest BCUT2D eigenvalue weighted by molar-refractivity contribution is 7.92. The normalized spacial score (nSPS) is 11.1. The highest BCUT2D eigenvalue weighted by atomic mass is 35.5. The molecule has 0 heterocycles. The van der Waals surface area contributed by atoms with Gasteiger partial charge in [-0.1, -0.05) is 41.9 Å². The van der Waals surface area contributed by atoms with Crippen LogP contribution in [0.2, 0.25) is 5.02 Å². The van der Waals surface area contributed by atoms with Crippen LogP contribution in [-0.2, 0) is 14.8 Å². The highest BCUT2D eigenvalue weighted by Crippen LogP contribution is 2.25. The van der Waals surface area contributed by atoms with Gasteiger partial charge in [-0.05, 0) is 67.4 Å². The number of hydrogen-bond donors (Lipinski definition) is 1. The third-order valence-corrected chi connectivity index (χ3v) is 6.65. The van der Waals surface area contributed by atoms with Gasteiger partial charge in [-0.2, -0.15) is 0 Å². The topological polar surface area (TPSA) is 66.5 Å². The van der Waals surface area contributed by atoms with Gasteiger partial charge >= 0.3 is 0 Å². The number of anilines is 2. The minimum absolute atomic E-state index is 0.0605. The van der Waals surface area contributed by atoms with Crippen molar-refractivity contribution in [2.24, 2.45) is 0 Å². The second-order valence-electron chi connectivity index (χ2n) is 6.60. The summed E-state index contributed by atoms with van der Waals surface area (Å²) in [7, 11) is -3.96. The first-order valence-electron chi connectivity index (χ1n) is 8.98. The van der Waals surface area contributed by atoms with Crippen molar-refractivity contribution in [3.63, 3.8) is 0 Å². The van der Waals surface area contributed by atoms with E-state index < -0.39 is 15.9 Å². The van der Waals surface area contributed by atoms with E-state index in [1.165, 1.54) is 24.3 Å². The van der Waals surface area contributed by atoms with Crippen molar-refractivity contribution in [2.45, 2.75) is 18.7 Å². The third-order valence-electron chi connectivity index (χ3n) is 4.61. The number of nitrogens with one attached hydrogen (secondary N) is 1. The van der Waals surface area contributed by atoms with Crippen molar-refractivity contribution in [3.8, 4) is 0 Å². The predicted octanol–water partition coefficient (Wildman–Crippen LogP) is 4.79. The second kappa shape index (κ2) is 8.68. The van der Waals surface area contributed by atoms with Crippen molar-refractivity contribution in [1.82, 2.24) is 0 Å². The third kappa shape index (κ3) is 4.78. The van der Waals surface area contributed by atoms with Crippen molar-refractivity contribution in [3.05, 3.63) is 88.9 Å². The lowest BCUT2D eigenvalue weighted by molar-refractivity contribution is -0.114. The fraction of sp³-hybridized carbons (Fsp3) is 0.136. The van der Waals surface area contributed by atoms with Crippen molar-refractivity contribution in [2.75, 3.05) is 16.2 Å². The molecule has 0 atom stereocenters. The van der Waals surface area contributed by atoms with Gasteiger partial charge in [0.2, 0.25) is 5.91 Å². The molecule has 0 aliphatic carbocycles. The number of amides is 1. The maximum absolute atomic E-state index is 13.3. The Bertz CT molecular complexity index is 1110. The fourth-order valence-corrected chi connectivity index (χ4v) is 4.40. The second-order valence-corrected chi connectivity index (χ2v) is 8.90. The lowest BCUT2D eigenvalue weighted by Crippen LogP contribution is -2.38. The monoisotopic (exact) mass is 428 g/mol. The number of hydrogen-bond acceptors (Lipinski definition) is 3. The molecule has 1 N–H and O–H groups in total. The summed E-state index contributed by atoms with van der Waals surface area (Å²) < 4.78 is 27.6. The SMILES string of the molecule is Cc1cccc(NC(=O)CN(c2ccccc2)S(=O)(=O)c2ccc(Cl)cc2)c1C. The molecule has 150 valence electrons. The predicted molar refractivity (Wildman–Crippen MR) is 117 cm³/mol. The van der Waals surface area contributed by atoms with Gasteiger partial charge in [0.05, 0.1) is 10.6 Å². The largest absolute Gasteiger partial charge is 0.324 e. The quantitative estimate of drug-likeness (QED) is 0.613. The van der Waals surface area contributed by atoms with Gasteiger partial charge in [-0.25, -0.2) is 8.42 Å². The molecule has 3 aromatic rings. The van der Waals surface area contributed by atoms with E-state index in [1.54, 1.807) is 36.4 Å². The van der Waals surface area contributed by atoms with Crippen molar-refractivity contribution >= 4 is 38.9 Å². The number of para-hydroxylation sites is 1. The summed E-state index contributed by atoms with van der Waals surface area (Å²) in [5.41, 5.74) is 3.04. The van der Waals surface area contributed by atoms with Crippen molar-refractivity contribution in [1.29, 1.82) is 0 Å². The zero-order chi connectivity index (χ0) is 21.0. The van der Waals surface area contributed by atoms with Crippen LogP contribution in [0.4, 0.5) is 11.4 Å². The average Bonchev–Trinajstić information content (AvgIpc) is 2.70. The van der Waals surface area contributed by atoms with Crippen LogP contribution in [0.3, 0.4) is 0 Å². The van der Waals surface area contributed by atoms with Crippen molar-refractivity contribution < 1.29 is 13.2 Å². The first-order valence-corrected chi connectivity index (χ1v) is 10.8. The van der Waals surface area contributed by atoms with Gasteiger partial charge in [0.1, 0.15) is 6.54 Å². The van der Waals surface area contributed by atoms with E-state index in [1.807, 2.05) is 26.0 Å². The van der Waals surface area contributed by atoms with Crippen LogP contribution in [0, 0.1) is 13.8 Å². The molecule has 3 rings (SSSR count). The van der Waals surface area contributed by atoms with E-state index in [9.17, 15) is 13.2 Å². The first-order chi connectivity index (χ1) is 13.8. The molecule has 0 unspecified atom stereocenters. The maximum atomic E-state index is 13.3. The van der Waals surface area contributed by atoms with Gasteiger partial charge in [-0.15, -0.1) is 0 Å². The Morgan fingerprint density at radius 1 is 0.931 bits per heavy atom. The molecular weight excluding hydrogens is 408 g/mol. The van der Waals surface area contributed by atoms with E-state index in [-0.39, 0.29) is 11.4 Å². The van der Waals surface area contributed by atoms with Gasteiger partial charge in [-0.3, -0.25) is 9.10 Å². The number of carbonyl (C=O) groups excluding carboxylic acids is 1. The number of aryl methyl sites for hydroxylation is 1. The van der Waals surface area contributed by atoms with Crippen LogP contribution < -0.4 is 9.62 Å². The molecule has 0 saturated heterocycles. The molecule has 1 amide bonds. The van der Waals surface area contributed by atoms with Crippen LogP contribution >= 0.6 is 11.6 Å². The zero-order valence-electron chi connectivity index (χ0n) is 16.1. The summed E-state index contributed by atoms with van der Waals surface area (Å²) in [5, 5.41) is 3.25. The summed E-state index contributed by atoms with van der Waals surface area (Å²) in [4.78, 5) is 12.8. The molecule has 0 spiro atoms. The van der Waals surface area contributed by atoms with Crippen LogP contribution in [0.5, 0.6) is 0 Å². The van der Waals surface area contributed by atoms with Gasteiger partial charge in [0.25, 0.3) is 10.0 Å². The minimum atomic E-state index is -3.96. The smallest absolute Gasteiger partial charge is 0.264 e. The molecule has 0 aliphatic heterocycles. The molecule has 0 bridgehead atoms. The molecule has 29 heavy (non-hydrogen) atoms.